The third kappa shape index (κ3) is 3.14. The summed E-state index contributed by atoms with van der Waals surface area (Å²) in [6, 6.07) is 4.98. The first kappa shape index (κ1) is 13.6. The second-order valence-electron chi connectivity index (χ2n) is 4.03. The van der Waals surface area contributed by atoms with Gasteiger partial charge in [0.2, 0.25) is 5.88 Å². The van der Waals surface area contributed by atoms with Crippen LogP contribution in [0, 0.1) is 0 Å². The third-order valence-electron chi connectivity index (χ3n) is 2.63. The van der Waals surface area contributed by atoms with Crippen LogP contribution in [0.5, 0.6) is 5.88 Å². The van der Waals surface area contributed by atoms with E-state index in [1.54, 1.807) is 19.4 Å². The number of pyridine rings is 2. The summed E-state index contributed by atoms with van der Waals surface area (Å²) in [5, 5.41) is 11.8. The number of carboxylic acids is 1. The maximum absolute atomic E-state index is 10.8. The molecule has 0 atom stereocenters. The molecule has 20 heavy (non-hydrogen) atoms. The molecule has 7 heteroatoms. The summed E-state index contributed by atoms with van der Waals surface area (Å²) in [5.41, 5.74) is 7.01. The average molecular weight is 274 g/mol. The van der Waals surface area contributed by atoms with Crippen molar-refractivity contribution in [3.63, 3.8) is 0 Å². The van der Waals surface area contributed by atoms with Crippen molar-refractivity contribution >= 4 is 17.5 Å². The quantitative estimate of drug-likeness (QED) is 0.755. The maximum Gasteiger partial charge on any atom is 0.337 e. The normalized spacial score (nSPS) is 10.1. The number of hydrogen-bond acceptors (Lipinski definition) is 6. The molecular weight excluding hydrogens is 260 g/mol. The fourth-order valence-corrected chi connectivity index (χ4v) is 1.57. The van der Waals surface area contributed by atoms with E-state index in [-0.39, 0.29) is 11.3 Å². The topological polar surface area (TPSA) is 110 Å². The molecule has 0 saturated heterocycles. The van der Waals surface area contributed by atoms with Crippen LogP contribution in [0.4, 0.5) is 11.5 Å². The lowest BCUT2D eigenvalue weighted by Crippen LogP contribution is -2.07. The van der Waals surface area contributed by atoms with Crippen molar-refractivity contribution in [3.8, 4) is 5.88 Å². The lowest BCUT2D eigenvalue weighted by Gasteiger charge is -2.09. The average Bonchev–Trinajstić information content (AvgIpc) is 2.46. The summed E-state index contributed by atoms with van der Waals surface area (Å²) in [7, 11) is 1.55. The Bertz CT molecular complexity index is 614. The van der Waals surface area contributed by atoms with E-state index in [0.29, 0.717) is 18.2 Å². The molecular formula is C13H14N4O3. The van der Waals surface area contributed by atoms with Crippen molar-refractivity contribution in [1.82, 2.24) is 9.97 Å². The van der Waals surface area contributed by atoms with Crippen molar-refractivity contribution < 1.29 is 14.6 Å². The zero-order valence-electron chi connectivity index (χ0n) is 10.8. The number of nitrogens with one attached hydrogen (secondary N) is 1. The predicted molar refractivity (Wildman–Crippen MR) is 73.7 cm³/mol. The Labute approximate surface area is 115 Å². The van der Waals surface area contributed by atoms with Gasteiger partial charge in [-0.3, -0.25) is 0 Å². The van der Waals surface area contributed by atoms with Crippen LogP contribution in [0.15, 0.2) is 30.6 Å². The Morgan fingerprint density at radius 2 is 2.20 bits per heavy atom. The van der Waals surface area contributed by atoms with Gasteiger partial charge in [-0.2, -0.15) is 0 Å². The molecule has 7 nitrogen and oxygen atoms in total. The predicted octanol–water partition coefficient (Wildman–Crippen LogP) is 1.38. The zero-order valence-corrected chi connectivity index (χ0v) is 10.8. The molecule has 2 heterocycles. The van der Waals surface area contributed by atoms with Crippen LogP contribution in [-0.4, -0.2) is 28.2 Å². The number of nitrogens with two attached hydrogens (primary N) is 1. The molecule has 0 saturated carbocycles. The molecule has 104 valence electrons. The molecule has 4 N–H and O–H groups in total. The number of aromatic carboxylic acids is 1. The second kappa shape index (κ2) is 5.87. The van der Waals surface area contributed by atoms with Crippen molar-refractivity contribution in [2.24, 2.45) is 0 Å². The molecule has 2 aromatic rings. The highest BCUT2D eigenvalue weighted by Crippen LogP contribution is 2.17. The highest BCUT2D eigenvalue weighted by atomic mass is 16.5. The van der Waals surface area contributed by atoms with Crippen LogP contribution < -0.4 is 15.8 Å². The Hall–Kier alpha value is -2.83. The van der Waals surface area contributed by atoms with Gasteiger partial charge in [-0.25, -0.2) is 14.8 Å². The number of ether oxygens (including phenoxy) is 1. The fraction of sp³-hybridized carbons (Fsp3) is 0.154. The van der Waals surface area contributed by atoms with Crippen molar-refractivity contribution in [2.45, 2.75) is 6.54 Å². The number of carbonyl (C=O) groups is 1. The Morgan fingerprint density at radius 1 is 1.40 bits per heavy atom. The number of carboxylic acid groups (broad SMARTS) is 1. The molecule has 0 fully saturated rings. The third-order valence-corrected chi connectivity index (χ3v) is 2.63. The lowest BCUT2D eigenvalue weighted by molar-refractivity contribution is 0.0696. The number of anilines is 2. The van der Waals surface area contributed by atoms with Crippen LogP contribution in [0.25, 0.3) is 0 Å². The molecule has 2 rings (SSSR count). The van der Waals surface area contributed by atoms with Gasteiger partial charge in [0, 0.05) is 25.0 Å². The smallest absolute Gasteiger partial charge is 0.337 e. The molecule has 0 aliphatic carbocycles. The number of methoxy groups -OCH3 is 1. The first-order valence-electron chi connectivity index (χ1n) is 5.81. The highest BCUT2D eigenvalue weighted by molar-refractivity contribution is 5.89. The summed E-state index contributed by atoms with van der Waals surface area (Å²) < 4.78 is 4.97. The molecule has 0 aliphatic heterocycles. The van der Waals surface area contributed by atoms with E-state index < -0.39 is 5.97 Å². The summed E-state index contributed by atoms with van der Waals surface area (Å²) in [6.07, 6.45) is 2.93. The highest BCUT2D eigenvalue weighted by Gasteiger charge is 2.07. The minimum Gasteiger partial charge on any atom is -0.481 e. The van der Waals surface area contributed by atoms with E-state index in [1.165, 1.54) is 12.3 Å². The van der Waals surface area contributed by atoms with Gasteiger partial charge in [0.1, 0.15) is 5.82 Å². The first-order chi connectivity index (χ1) is 9.60. The second-order valence-corrected chi connectivity index (χ2v) is 4.03. The van der Waals surface area contributed by atoms with Crippen molar-refractivity contribution in [2.75, 3.05) is 18.2 Å². The largest absolute Gasteiger partial charge is 0.481 e. The molecule has 0 bridgehead atoms. The van der Waals surface area contributed by atoms with Gasteiger partial charge in [-0.15, -0.1) is 0 Å². The lowest BCUT2D eigenvalue weighted by atomic mass is 10.2. The molecule has 0 aromatic carbocycles. The minimum absolute atomic E-state index is 0.0548. The number of nitrogen functional groups attached to an aromatic ring is 1. The van der Waals surface area contributed by atoms with E-state index in [2.05, 4.69) is 15.3 Å². The number of rotatable bonds is 5. The number of nitrogens with zero attached hydrogens (tertiary/aromatic N) is 2. The van der Waals surface area contributed by atoms with E-state index in [1.807, 2.05) is 6.07 Å². The van der Waals surface area contributed by atoms with Gasteiger partial charge in [0.15, 0.2) is 0 Å². The SMILES string of the molecule is COc1ccc(CNc2ncc(C(=O)O)cc2N)cn1. The Balaban J connectivity index is 2.04. The van der Waals surface area contributed by atoms with Crippen LogP contribution in [0.2, 0.25) is 0 Å². The number of aromatic nitrogens is 2. The van der Waals surface area contributed by atoms with Crippen LogP contribution >= 0.6 is 0 Å². The van der Waals surface area contributed by atoms with E-state index in [9.17, 15) is 4.79 Å². The summed E-state index contributed by atoms with van der Waals surface area (Å²) in [5.74, 6) is -0.0851. The monoisotopic (exact) mass is 274 g/mol. The van der Waals surface area contributed by atoms with Crippen molar-refractivity contribution in [1.29, 1.82) is 0 Å². The fourth-order valence-electron chi connectivity index (χ4n) is 1.57. The molecule has 0 spiro atoms. The Kier molecular flexibility index (Phi) is 3.99. The zero-order chi connectivity index (χ0) is 14.5. The first-order valence-corrected chi connectivity index (χ1v) is 5.81. The van der Waals surface area contributed by atoms with Crippen LogP contribution in [0.3, 0.4) is 0 Å². The van der Waals surface area contributed by atoms with E-state index >= 15 is 0 Å². The van der Waals surface area contributed by atoms with Crippen LogP contribution in [-0.2, 0) is 6.54 Å². The van der Waals surface area contributed by atoms with Crippen LogP contribution in [0.1, 0.15) is 15.9 Å². The molecule has 0 amide bonds. The summed E-state index contributed by atoms with van der Waals surface area (Å²) >= 11 is 0. The van der Waals surface area contributed by atoms with E-state index in [0.717, 1.165) is 5.56 Å². The molecule has 0 unspecified atom stereocenters. The van der Waals surface area contributed by atoms with Gasteiger partial charge in [-0.05, 0) is 11.6 Å². The molecule has 0 aliphatic rings. The molecule has 2 aromatic heterocycles. The summed E-state index contributed by atoms with van der Waals surface area (Å²) in [6.45, 7) is 0.473. The summed E-state index contributed by atoms with van der Waals surface area (Å²) in [4.78, 5) is 18.8. The number of hydrogen-bond donors (Lipinski definition) is 3. The molecule has 0 radical (unpaired) electrons. The maximum atomic E-state index is 10.8. The van der Waals surface area contributed by atoms with Gasteiger partial charge >= 0.3 is 5.97 Å². The van der Waals surface area contributed by atoms with Gasteiger partial charge in [0.05, 0.1) is 18.4 Å². The van der Waals surface area contributed by atoms with Gasteiger partial charge in [-0.1, -0.05) is 6.07 Å². The van der Waals surface area contributed by atoms with Gasteiger partial charge in [0.25, 0.3) is 0 Å². The Morgan fingerprint density at radius 3 is 2.75 bits per heavy atom. The van der Waals surface area contributed by atoms with Gasteiger partial charge < -0.3 is 20.9 Å². The van der Waals surface area contributed by atoms with E-state index in [4.69, 9.17) is 15.6 Å². The standard InChI is InChI=1S/C13H14N4O3/c1-20-11-3-2-8(5-15-11)6-16-12-10(14)4-9(7-17-12)13(18)19/h2-5,7H,6,14H2,1H3,(H,16,17)(H,18,19). The van der Waals surface area contributed by atoms with Crippen molar-refractivity contribution in [3.05, 3.63) is 41.7 Å². The minimum atomic E-state index is -1.06.